The Morgan fingerprint density at radius 3 is 2.69 bits per heavy atom. The molecule has 0 radical (unpaired) electrons. The number of hydrogen-bond acceptors (Lipinski definition) is 2. The van der Waals surface area contributed by atoms with Crippen LogP contribution in [0.4, 0.5) is 0 Å². The molecule has 1 heterocycles. The lowest BCUT2D eigenvalue weighted by atomic mass is 10.0. The van der Waals surface area contributed by atoms with E-state index >= 15 is 0 Å². The van der Waals surface area contributed by atoms with Crippen LogP contribution in [0.3, 0.4) is 0 Å². The number of furan rings is 1. The number of hydrogen-bond donors (Lipinski definition) is 1. The SMILES string of the molecule is CCNCCc1coc2c(C)ccc(C)c12. The summed E-state index contributed by atoms with van der Waals surface area (Å²) in [5, 5.41) is 4.65. The lowest BCUT2D eigenvalue weighted by molar-refractivity contribution is 0.605. The maximum Gasteiger partial charge on any atom is 0.137 e. The minimum absolute atomic E-state index is 1.01. The summed E-state index contributed by atoms with van der Waals surface area (Å²) in [5.74, 6) is 0. The highest BCUT2D eigenvalue weighted by molar-refractivity contribution is 5.87. The van der Waals surface area contributed by atoms with Gasteiger partial charge in [-0.2, -0.15) is 0 Å². The van der Waals surface area contributed by atoms with Gasteiger partial charge in [0.25, 0.3) is 0 Å². The van der Waals surface area contributed by atoms with Gasteiger partial charge in [0, 0.05) is 5.39 Å². The molecule has 0 amide bonds. The maximum atomic E-state index is 5.66. The predicted octanol–water partition coefficient (Wildman–Crippen LogP) is 3.20. The van der Waals surface area contributed by atoms with Crippen molar-refractivity contribution >= 4 is 11.0 Å². The summed E-state index contributed by atoms with van der Waals surface area (Å²) in [4.78, 5) is 0. The summed E-state index contributed by atoms with van der Waals surface area (Å²) in [6, 6.07) is 4.29. The average molecular weight is 217 g/mol. The Morgan fingerprint density at radius 1 is 1.19 bits per heavy atom. The molecule has 1 aromatic carbocycles. The Hall–Kier alpha value is -1.28. The Kier molecular flexibility index (Phi) is 3.30. The summed E-state index contributed by atoms with van der Waals surface area (Å²) < 4.78 is 5.66. The van der Waals surface area contributed by atoms with Gasteiger partial charge in [0.15, 0.2) is 0 Å². The van der Waals surface area contributed by atoms with Gasteiger partial charge in [0.05, 0.1) is 6.26 Å². The van der Waals surface area contributed by atoms with E-state index in [-0.39, 0.29) is 0 Å². The first-order valence-corrected chi connectivity index (χ1v) is 5.91. The zero-order valence-electron chi connectivity index (χ0n) is 10.3. The number of benzene rings is 1. The Morgan fingerprint density at radius 2 is 1.94 bits per heavy atom. The van der Waals surface area contributed by atoms with E-state index in [1.54, 1.807) is 0 Å². The van der Waals surface area contributed by atoms with Gasteiger partial charge in [-0.05, 0) is 50.0 Å². The van der Waals surface area contributed by atoms with Gasteiger partial charge in [-0.15, -0.1) is 0 Å². The molecule has 0 saturated heterocycles. The molecule has 2 aromatic rings. The van der Waals surface area contributed by atoms with Gasteiger partial charge in [-0.3, -0.25) is 0 Å². The van der Waals surface area contributed by atoms with E-state index in [9.17, 15) is 0 Å². The van der Waals surface area contributed by atoms with Crippen LogP contribution >= 0.6 is 0 Å². The van der Waals surface area contributed by atoms with E-state index in [4.69, 9.17) is 4.42 Å². The zero-order chi connectivity index (χ0) is 11.5. The molecule has 16 heavy (non-hydrogen) atoms. The highest BCUT2D eigenvalue weighted by Gasteiger charge is 2.09. The van der Waals surface area contributed by atoms with Gasteiger partial charge < -0.3 is 9.73 Å². The van der Waals surface area contributed by atoms with Gasteiger partial charge in [-0.25, -0.2) is 0 Å². The zero-order valence-corrected chi connectivity index (χ0v) is 10.3. The van der Waals surface area contributed by atoms with Crippen molar-refractivity contribution < 1.29 is 4.42 Å². The summed E-state index contributed by atoms with van der Waals surface area (Å²) in [5.41, 5.74) is 4.89. The molecule has 0 spiro atoms. The molecule has 0 aliphatic heterocycles. The molecular formula is C14H19NO. The van der Waals surface area contributed by atoms with Gasteiger partial charge in [0.2, 0.25) is 0 Å². The number of fused-ring (bicyclic) bond motifs is 1. The van der Waals surface area contributed by atoms with Crippen molar-refractivity contribution in [3.8, 4) is 0 Å². The molecule has 2 heteroatoms. The first-order valence-electron chi connectivity index (χ1n) is 5.91. The van der Waals surface area contributed by atoms with Crippen LogP contribution in [0.15, 0.2) is 22.8 Å². The molecule has 2 nitrogen and oxygen atoms in total. The molecule has 86 valence electrons. The van der Waals surface area contributed by atoms with Crippen molar-refractivity contribution in [1.82, 2.24) is 5.32 Å². The van der Waals surface area contributed by atoms with E-state index in [0.717, 1.165) is 25.1 Å². The Labute approximate surface area is 96.6 Å². The summed E-state index contributed by atoms with van der Waals surface area (Å²) in [6.07, 6.45) is 2.94. The molecule has 0 bridgehead atoms. The normalized spacial score (nSPS) is 11.2. The van der Waals surface area contributed by atoms with Crippen molar-refractivity contribution in [1.29, 1.82) is 0 Å². The van der Waals surface area contributed by atoms with E-state index in [1.807, 2.05) is 6.26 Å². The molecule has 0 aliphatic rings. The summed E-state index contributed by atoms with van der Waals surface area (Å²) in [6.45, 7) is 8.41. The molecule has 0 unspecified atom stereocenters. The molecule has 0 fully saturated rings. The molecule has 1 N–H and O–H groups in total. The second kappa shape index (κ2) is 4.71. The standard InChI is InChI=1S/C14H19NO/c1-4-15-8-7-12-9-16-14-11(3)6-5-10(2)13(12)14/h5-6,9,15H,4,7-8H2,1-3H3. The lowest BCUT2D eigenvalue weighted by Gasteiger charge is -2.03. The number of nitrogens with one attached hydrogen (secondary N) is 1. The van der Waals surface area contributed by atoms with Crippen LogP contribution in [0.25, 0.3) is 11.0 Å². The third kappa shape index (κ3) is 1.98. The largest absolute Gasteiger partial charge is 0.464 e. The molecule has 0 atom stereocenters. The van der Waals surface area contributed by atoms with Crippen LogP contribution < -0.4 is 5.32 Å². The van der Waals surface area contributed by atoms with Gasteiger partial charge in [-0.1, -0.05) is 19.1 Å². The van der Waals surface area contributed by atoms with Crippen LogP contribution in [0.2, 0.25) is 0 Å². The van der Waals surface area contributed by atoms with Crippen LogP contribution in [0.5, 0.6) is 0 Å². The average Bonchev–Trinajstić information content (AvgIpc) is 2.69. The minimum atomic E-state index is 1.01. The van der Waals surface area contributed by atoms with E-state index in [0.29, 0.717) is 0 Å². The first-order chi connectivity index (χ1) is 7.74. The van der Waals surface area contributed by atoms with Crippen LogP contribution in [0, 0.1) is 13.8 Å². The van der Waals surface area contributed by atoms with Crippen molar-refractivity contribution in [2.24, 2.45) is 0 Å². The van der Waals surface area contributed by atoms with Crippen LogP contribution in [-0.4, -0.2) is 13.1 Å². The van der Waals surface area contributed by atoms with Gasteiger partial charge >= 0.3 is 0 Å². The molecule has 0 saturated carbocycles. The molecule has 2 rings (SSSR count). The fourth-order valence-corrected chi connectivity index (χ4v) is 2.11. The second-order valence-electron chi connectivity index (χ2n) is 4.27. The summed E-state index contributed by atoms with van der Waals surface area (Å²) >= 11 is 0. The fraction of sp³-hybridized carbons (Fsp3) is 0.429. The number of rotatable bonds is 4. The highest BCUT2D eigenvalue weighted by atomic mass is 16.3. The van der Waals surface area contributed by atoms with Crippen molar-refractivity contribution in [2.75, 3.05) is 13.1 Å². The highest BCUT2D eigenvalue weighted by Crippen LogP contribution is 2.27. The molecular weight excluding hydrogens is 198 g/mol. The second-order valence-corrected chi connectivity index (χ2v) is 4.27. The predicted molar refractivity (Wildman–Crippen MR) is 67.9 cm³/mol. The fourth-order valence-electron chi connectivity index (χ4n) is 2.11. The Bertz CT molecular complexity index is 485. The summed E-state index contributed by atoms with van der Waals surface area (Å²) in [7, 11) is 0. The third-order valence-corrected chi connectivity index (χ3v) is 3.02. The minimum Gasteiger partial charge on any atom is -0.464 e. The van der Waals surface area contributed by atoms with Gasteiger partial charge in [0.1, 0.15) is 5.58 Å². The number of likely N-dealkylation sites (N-methyl/N-ethyl adjacent to an activating group) is 1. The Balaban J connectivity index is 2.36. The molecule has 1 aromatic heterocycles. The van der Waals surface area contributed by atoms with E-state index in [1.165, 1.54) is 22.1 Å². The van der Waals surface area contributed by atoms with E-state index < -0.39 is 0 Å². The quantitative estimate of drug-likeness (QED) is 0.796. The molecule has 0 aliphatic carbocycles. The lowest BCUT2D eigenvalue weighted by Crippen LogP contribution is -2.15. The van der Waals surface area contributed by atoms with Crippen molar-refractivity contribution in [2.45, 2.75) is 27.2 Å². The van der Waals surface area contributed by atoms with Crippen molar-refractivity contribution in [3.05, 3.63) is 35.1 Å². The van der Waals surface area contributed by atoms with Crippen molar-refractivity contribution in [3.63, 3.8) is 0 Å². The van der Waals surface area contributed by atoms with Crippen LogP contribution in [-0.2, 0) is 6.42 Å². The first kappa shape index (κ1) is 11.2. The maximum absolute atomic E-state index is 5.66. The number of aryl methyl sites for hydroxylation is 2. The monoisotopic (exact) mass is 217 g/mol. The van der Waals surface area contributed by atoms with E-state index in [2.05, 4.69) is 38.2 Å². The third-order valence-electron chi connectivity index (χ3n) is 3.02. The van der Waals surface area contributed by atoms with Crippen LogP contribution in [0.1, 0.15) is 23.6 Å². The smallest absolute Gasteiger partial charge is 0.137 e. The topological polar surface area (TPSA) is 25.2 Å².